The van der Waals surface area contributed by atoms with E-state index >= 15 is 0 Å². The zero-order valence-corrected chi connectivity index (χ0v) is 31.2. The van der Waals surface area contributed by atoms with Crippen LogP contribution in [0.4, 0.5) is 5.69 Å². The summed E-state index contributed by atoms with van der Waals surface area (Å²) in [5.41, 5.74) is 19.7. The van der Waals surface area contributed by atoms with Gasteiger partial charge in [-0.25, -0.2) is 0 Å². The van der Waals surface area contributed by atoms with E-state index in [4.69, 9.17) is 5.10 Å². The van der Waals surface area contributed by atoms with Crippen LogP contribution in [0.5, 0.6) is 0 Å². The van der Waals surface area contributed by atoms with E-state index in [0.717, 1.165) is 83.6 Å². The first-order valence-corrected chi connectivity index (χ1v) is 19.1. The van der Waals surface area contributed by atoms with Crippen molar-refractivity contribution in [3.8, 4) is 55.6 Å². The molecule has 0 saturated heterocycles. The molecule has 4 nitrogen and oxygen atoms in total. The molecule has 1 aliphatic carbocycles. The van der Waals surface area contributed by atoms with Crippen LogP contribution in [0.1, 0.15) is 11.1 Å². The molecule has 0 bridgehead atoms. The largest absolute Gasteiger partial charge is 0.299 e. The fraction of sp³-hybridized carbons (Fsp3) is 0. The van der Waals surface area contributed by atoms with Crippen LogP contribution in [0.25, 0.3) is 66.8 Å². The van der Waals surface area contributed by atoms with Crippen molar-refractivity contribution in [2.45, 2.75) is 0 Å². The first-order valence-electron chi connectivity index (χ1n) is 19.1. The number of hydrazone groups is 1. The van der Waals surface area contributed by atoms with Gasteiger partial charge in [0.2, 0.25) is 0 Å². The highest BCUT2D eigenvalue weighted by molar-refractivity contribution is 6.63. The smallest absolute Gasteiger partial charge is 0.116 e. The lowest BCUT2D eigenvalue weighted by Gasteiger charge is -2.25. The zero-order valence-electron chi connectivity index (χ0n) is 31.2. The molecule has 270 valence electrons. The van der Waals surface area contributed by atoms with E-state index in [2.05, 4.69) is 162 Å². The molecule has 0 unspecified atom stereocenters. The molecule has 7 aromatic carbocycles. The Balaban J connectivity index is 1.27. The summed E-state index contributed by atoms with van der Waals surface area (Å²) in [4.78, 5) is 4.28. The number of anilines is 1. The number of pyridine rings is 1. The van der Waals surface area contributed by atoms with Crippen LogP contribution in [-0.2, 0) is 0 Å². The van der Waals surface area contributed by atoms with Gasteiger partial charge < -0.3 is 0 Å². The fourth-order valence-electron chi connectivity index (χ4n) is 7.62. The zero-order chi connectivity index (χ0) is 38.4. The maximum Gasteiger partial charge on any atom is 0.116 e. The number of hydrogen-bond acceptors (Lipinski definition) is 4. The van der Waals surface area contributed by atoms with Crippen molar-refractivity contribution in [1.82, 2.24) is 4.98 Å². The molecular weight excluding hydrogens is 693 g/mol. The highest BCUT2D eigenvalue weighted by Gasteiger charge is 2.27. The highest BCUT2D eigenvalue weighted by atomic mass is 15.3. The lowest BCUT2D eigenvalue weighted by molar-refractivity contribution is 1.32. The highest BCUT2D eigenvalue weighted by Crippen LogP contribution is 2.44. The minimum atomic E-state index is 0.311. The van der Waals surface area contributed by atoms with E-state index in [1.165, 1.54) is 0 Å². The van der Waals surface area contributed by atoms with Crippen molar-refractivity contribution in [3.05, 3.63) is 230 Å². The first-order chi connectivity index (χ1) is 28.2. The quantitative estimate of drug-likeness (QED) is 0.115. The predicted octanol–water partition coefficient (Wildman–Crippen LogP) is 13.4. The second-order valence-electron chi connectivity index (χ2n) is 13.9. The average molecular weight is 731 g/mol. The molecule has 0 fully saturated rings. The van der Waals surface area contributed by atoms with Crippen LogP contribution in [0.15, 0.2) is 224 Å². The number of allylic oxidation sites excluding steroid dienone is 4. The Hall–Kier alpha value is -7.69. The predicted molar refractivity (Wildman–Crippen MR) is 239 cm³/mol. The van der Waals surface area contributed by atoms with Crippen molar-refractivity contribution in [1.29, 1.82) is 5.41 Å². The van der Waals surface area contributed by atoms with Gasteiger partial charge in [-0.1, -0.05) is 176 Å². The molecule has 0 radical (unpaired) electrons. The monoisotopic (exact) mass is 730 g/mol. The third kappa shape index (κ3) is 7.28. The number of benzene rings is 7. The van der Waals surface area contributed by atoms with Gasteiger partial charge in [-0.2, -0.15) is 5.10 Å². The van der Waals surface area contributed by atoms with E-state index in [-0.39, 0.29) is 0 Å². The SMILES string of the molecule is N=C1C=C(c2c(-c3ccccc3)cccc2-c2ccccc2)C=C(c2c(-c3ccccc3)cccc2-c2ccccc2)/C1=N/Nc1ccc(-c2cccnc2)cc1. The van der Waals surface area contributed by atoms with Crippen molar-refractivity contribution in [2.24, 2.45) is 5.10 Å². The summed E-state index contributed by atoms with van der Waals surface area (Å²) < 4.78 is 0. The van der Waals surface area contributed by atoms with Crippen molar-refractivity contribution < 1.29 is 0 Å². The average Bonchev–Trinajstić information content (AvgIpc) is 3.29. The molecule has 0 aliphatic heterocycles. The van der Waals surface area contributed by atoms with Gasteiger partial charge >= 0.3 is 0 Å². The van der Waals surface area contributed by atoms with Gasteiger partial charge in [-0.3, -0.25) is 15.8 Å². The number of rotatable bonds is 9. The standard InChI is InChI=1S/C53H38N4/c54-50-35-43(51-45(38-16-5-1-6-17-38)25-13-26-46(51)39-18-7-2-8-19-39)34-49(53(50)57-56-44-31-29-37(30-32-44)42-24-15-33-55-36-42)52-47(40-20-9-3-10-21-40)27-14-28-48(52)41-22-11-4-12-23-41/h1-36,54,56H/b54-50?,57-53-. The van der Waals surface area contributed by atoms with E-state index in [1.807, 2.05) is 60.8 Å². The minimum absolute atomic E-state index is 0.311. The summed E-state index contributed by atoms with van der Waals surface area (Å²) in [6.07, 6.45) is 7.85. The maximum atomic E-state index is 9.82. The molecule has 8 aromatic rings. The third-order valence-corrected chi connectivity index (χ3v) is 10.3. The Morgan fingerprint density at radius 3 is 1.32 bits per heavy atom. The lowest BCUT2D eigenvalue weighted by Crippen LogP contribution is -2.20. The van der Waals surface area contributed by atoms with Gasteiger partial charge in [-0.15, -0.1) is 0 Å². The van der Waals surface area contributed by atoms with Crippen molar-refractivity contribution in [2.75, 3.05) is 5.43 Å². The Labute approximate surface area is 333 Å². The van der Waals surface area contributed by atoms with Gasteiger partial charge in [0.25, 0.3) is 0 Å². The first kappa shape index (κ1) is 35.0. The van der Waals surface area contributed by atoms with Gasteiger partial charge in [0, 0.05) is 18.0 Å². The number of nitrogens with one attached hydrogen (secondary N) is 2. The van der Waals surface area contributed by atoms with Crippen LogP contribution < -0.4 is 5.43 Å². The summed E-state index contributed by atoms with van der Waals surface area (Å²) in [7, 11) is 0. The van der Waals surface area contributed by atoms with Gasteiger partial charge in [-0.05, 0) is 103 Å². The summed E-state index contributed by atoms with van der Waals surface area (Å²) in [6, 6.07) is 67.1. The van der Waals surface area contributed by atoms with E-state index < -0.39 is 0 Å². The van der Waals surface area contributed by atoms with Crippen LogP contribution in [0.2, 0.25) is 0 Å². The lowest BCUT2D eigenvalue weighted by atomic mass is 9.79. The van der Waals surface area contributed by atoms with Crippen molar-refractivity contribution >= 4 is 28.3 Å². The topological polar surface area (TPSA) is 61.1 Å². The second kappa shape index (κ2) is 16.0. The Kier molecular flexibility index (Phi) is 9.81. The van der Waals surface area contributed by atoms with Gasteiger partial charge in [0.1, 0.15) is 5.71 Å². The fourth-order valence-corrected chi connectivity index (χ4v) is 7.62. The molecule has 57 heavy (non-hydrogen) atoms. The van der Waals surface area contributed by atoms with E-state index in [1.54, 1.807) is 6.20 Å². The Morgan fingerprint density at radius 1 is 0.404 bits per heavy atom. The number of nitrogens with zero attached hydrogens (tertiary/aromatic N) is 2. The van der Waals surface area contributed by atoms with Gasteiger partial charge in [0.15, 0.2) is 0 Å². The van der Waals surface area contributed by atoms with Crippen LogP contribution in [0.3, 0.4) is 0 Å². The number of hydrogen-bond donors (Lipinski definition) is 2. The molecule has 1 aliphatic rings. The third-order valence-electron chi connectivity index (χ3n) is 10.3. The number of aromatic nitrogens is 1. The summed E-state index contributed by atoms with van der Waals surface area (Å²) in [6.45, 7) is 0. The molecule has 0 atom stereocenters. The molecule has 1 heterocycles. The van der Waals surface area contributed by atoms with E-state index in [0.29, 0.717) is 11.4 Å². The van der Waals surface area contributed by atoms with Crippen LogP contribution >= 0.6 is 0 Å². The van der Waals surface area contributed by atoms with Crippen molar-refractivity contribution in [3.63, 3.8) is 0 Å². The minimum Gasteiger partial charge on any atom is -0.299 e. The molecule has 0 amide bonds. The summed E-state index contributed by atoms with van der Waals surface area (Å²) in [5, 5.41) is 14.9. The molecule has 0 spiro atoms. The molecule has 2 N–H and O–H groups in total. The summed E-state index contributed by atoms with van der Waals surface area (Å²) >= 11 is 0. The maximum absolute atomic E-state index is 9.82. The van der Waals surface area contributed by atoms with Gasteiger partial charge in [0.05, 0.1) is 11.4 Å². The summed E-state index contributed by atoms with van der Waals surface area (Å²) in [5.74, 6) is 0. The molecule has 9 rings (SSSR count). The Morgan fingerprint density at radius 2 is 0.860 bits per heavy atom. The second-order valence-corrected chi connectivity index (χ2v) is 13.9. The van der Waals surface area contributed by atoms with Crippen LogP contribution in [-0.4, -0.2) is 16.4 Å². The molecule has 1 aromatic heterocycles. The molecule has 0 saturated carbocycles. The molecular formula is C53H38N4. The van der Waals surface area contributed by atoms with Crippen LogP contribution in [0, 0.1) is 5.41 Å². The van der Waals surface area contributed by atoms with E-state index in [9.17, 15) is 5.41 Å². The Bertz CT molecular complexity index is 2660. The molecule has 4 heteroatoms. The normalized spacial score (nSPS) is 13.2.